The zero-order chi connectivity index (χ0) is 22.9. The average molecular weight is 442 g/mol. The van der Waals surface area contributed by atoms with Crippen molar-refractivity contribution in [1.29, 1.82) is 0 Å². The quantitative estimate of drug-likeness (QED) is 0.626. The third-order valence-electron chi connectivity index (χ3n) is 6.25. The molecule has 0 aromatic heterocycles. The van der Waals surface area contributed by atoms with Gasteiger partial charge in [0.15, 0.2) is 0 Å². The monoisotopic (exact) mass is 442 g/mol. The Labute approximate surface area is 190 Å². The van der Waals surface area contributed by atoms with Crippen molar-refractivity contribution >= 4 is 23.7 Å². The first kappa shape index (κ1) is 20.8. The van der Waals surface area contributed by atoms with E-state index >= 15 is 0 Å². The van der Waals surface area contributed by atoms with Gasteiger partial charge in [-0.25, -0.2) is 9.59 Å². The number of carboxylic acids is 1. The van der Waals surface area contributed by atoms with Crippen LogP contribution in [0.2, 0.25) is 0 Å². The van der Waals surface area contributed by atoms with Crippen molar-refractivity contribution in [3.05, 3.63) is 89.0 Å². The van der Waals surface area contributed by atoms with E-state index in [1.54, 1.807) is 17.0 Å². The number of fused-ring (bicyclic) bond motifs is 4. The van der Waals surface area contributed by atoms with Crippen molar-refractivity contribution in [1.82, 2.24) is 5.32 Å². The highest BCUT2D eigenvalue weighted by molar-refractivity contribution is 5.99. The molecule has 0 bridgehead atoms. The zero-order valence-electron chi connectivity index (χ0n) is 17.8. The van der Waals surface area contributed by atoms with Gasteiger partial charge < -0.3 is 20.1 Å². The Morgan fingerprint density at radius 3 is 2.30 bits per heavy atom. The highest BCUT2D eigenvalue weighted by atomic mass is 16.5. The third kappa shape index (κ3) is 3.82. The molecule has 0 saturated heterocycles. The number of hydrogen-bond donors (Lipinski definition) is 2. The molecule has 5 rings (SSSR count). The average Bonchev–Trinajstić information content (AvgIpc) is 3.40. The Kier molecular flexibility index (Phi) is 5.30. The van der Waals surface area contributed by atoms with E-state index in [0.717, 1.165) is 27.8 Å². The number of carbonyl (C=O) groups is 3. The number of hydrogen-bond acceptors (Lipinski definition) is 4. The van der Waals surface area contributed by atoms with Gasteiger partial charge in [0.25, 0.3) is 0 Å². The van der Waals surface area contributed by atoms with E-state index in [-0.39, 0.29) is 30.5 Å². The summed E-state index contributed by atoms with van der Waals surface area (Å²) in [5, 5.41) is 11.7. The van der Waals surface area contributed by atoms with Crippen LogP contribution >= 0.6 is 0 Å². The molecule has 3 aromatic carbocycles. The van der Waals surface area contributed by atoms with Gasteiger partial charge in [-0.05, 0) is 52.4 Å². The number of rotatable bonds is 5. The molecular formula is C26H22N2O5. The number of alkyl carbamates (subject to hydrolysis) is 1. The lowest BCUT2D eigenvalue weighted by molar-refractivity contribution is -0.117. The van der Waals surface area contributed by atoms with Crippen LogP contribution in [0.5, 0.6) is 0 Å². The number of carbonyl (C=O) groups excluding carboxylic acids is 2. The zero-order valence-corrected chi connectivity index (χ0v) is 17.8. The Balaban J connectivity index is 1.19. The molecule has 1 aliphatic carbocycles. The molecule has 3 aromatic rings. The van der Waals surface area contributed by atoms with E-state index < -0.39 is 12.1 Å². The fraction of sp³-hybridized carbons (Fsp3) is 0.192. The molecule has 7 heteroatoms. The van der Waals surface area contributed by atoms with Crippen LogP contribution in [-0.4, -0.2) is 42.8 Å². The lowest BCUT2D eigenvalue weighted by atomic mass is 9.98. The second-order valence-corrected chi connectivity index (χ2v) is 8.12. The molecule has 2 amide bonds. The molecule has 1 aliphatic heterocycles. The molecule has 0 spiro atoms. The summed E-state index contributed by atoms with van der Waals surface area (Å²) < 4.78 is 5.48. The third-order valence-corrected chi connectivity index (χ3v) is 6.25. The SMILES string of the molecule is O=C(NCC(=O)N1CCc2cc(C(=O)O)ccc21)OCC1c2ccccc2-c2ccccc21. The van der Waals surface area contributed by atoms with Crippen LogP contribution in [0.4, 0.5) is 10.5 Å². The summed E-state index contributed by atoms with van der Waals surface area (Å²) in [4.78, 5) is 37.7. The van der Waals surface area contributed by atoms with Gasteiger partial charge >= 0.3 is 12.1 Å². The highest BCUT2D eigenvalue weighted by Gasteiger charge is 2.29. The molecule has 0 fully saturated rings. The van der Waals surface area contributed by atoms with Crippen LogP contribution in [-0.2, 0) is 16.0 Å². The van der Waals surface area contributed by atoms with Crippen molar-refractivity contribution in [2.24, 2.45) is 0 Å². The van der Waals surface area contributed by atoms with Crippen molar-refractivity contribution in [2.75, 3.05) is 24.6 Å². The van der Waals surface area contributed by atoms with Crippen LogP contribution in [0, 0.1) is 0 Å². The molecule has 166 valence electrons. The number of anilines is 1. The Morgan fingerprint density at radius 1 is 0.970 bits per heavy atom. The smallest absolute Gasteiger partial charge is 0.407 e. The lowest BCUT2D eigenvalue weighted by Crippen LogP contribution is -2.39. The molecule has 0 radical (unpaired) electrons. The highest BCUT2D eigenvalue weighted by Crippen LogP contribution is 2.44. The lowest BCUT2D eigenvalue weighted by Gasteiger charge is -2.18. The van der Waals surface area contributed by atoms with E-state index in [1.807, 2.05) is 36.4 Å². The summed E-state index contributed by atoms with van der Waals surface area (Å²) in [5.74, 6) is -1.32. The van der Waals surface area contributed by atoms with Crippen LogP contribution in [0.1, 0.15) is 33.0 Å². The summed E-state index contributed by atoms with van der Waals surface area (Å²) in [6.45, 7) is 0.430. The summed E-state index contributed by atoms with van der Waals surface area (Å²) in [5.41, 5.74) is 6.23. The van der Waals surface area contributed by atoms with Gasteiger partial charge in [-0.2, -0.15) is 0 Å². The molecule has 33 heavy (non-hydrogen) atoms. The van der Waals surface area contributed by atoms with Crippen LogP contribution in [0.15, 0.2) is 66.7 Å². The van der Waals surface area contributed by atoms with E-state index in [1.165, 1.54) is 6.07 Å². The molecule has 0 unspecified atom stereocenters. The fourth-order valence-corrected chi connectivity index (χ4v) is 4.69. The van der Waals surface area contributed by atoms with E-state index in [9.17, 15) is 14.4 Å². The minimum atomic E-state index is -1.00. The van der Waals surface area contributed by atoms with E-state index in [2.05, 4.69) is 17.4 Å². The number of carboxylic acid groups (broad SMARTS) is 1. The first-order valence-electron chi connectivity index (χ1n) is 10.8. The van der Waals surface area contributed by atoms with Gasteiger partial charge in [0.2, 0.25) is 5.91 Å². The van der Waals surface area contributed by atoms with E-state index in [0.29, 0.717) is 18.7 Å². The van der Waals surface area contributed by atoms with Gasteiger partial charge in [0, 0.05) is 18.2 Å². The fourth-order valence-electron chi connectivity index (χ4n) is 4.69. The van der Waals surface area contributed by atoms with Crippen LogP contribution in [0.25, 0.3) is 11.1 Å². The van der Waals surface area contributed by atoms with Crippen LogP contribution < -0.4 is 10.2 Å². The number of ether oxygens (including phenoxy) is 1. The van der Waals surface area contributed by atoms with Crippen molar-refractivity contribution in [3.63, 3.8) is 0 Å². The number of nitrogens with zero attached hydrogens (tertiary/aromatic N) is 1. The van der Waals surface area contributed by atoms with Gasteiger partial charge in [0.1, 0.15) is 13.2 Å². The molecular weight excluding hydrogens is 420 g/mol. The number of aromatic carboxylic acids is 1. The predicted molar refractivity (Wildman–Crippen MR) is 123 cm³/mol. The maximum Gasteiger partial charge on any atom is 0.407 e. The number of nitrogens with one attached hydrogen (secondary N) is 1. The number of benzene rings is 3. The summed E-state index contributed by atoms with van der Waals surface area (Å²) >= 11 is 0. The van der Waals surface area contributed by atoms with Crippen molar-refractivity contribution in [3.8, 4) is 11.1 Å². The molecule has 0 saturated carbocycles. The summed E-state index contributed by atoms with van der Waals surface area (Å²) in [7, 11) is 0. The minimum absolute atomic E-state index is 0.0484. The van der Waals surface area contributed by atoms with Crippen LogP contribution in [0.3, 0.4) is 0 Å². The summed E-state index contributed by atoms with van der Waals surface area (Å²) in [6.07, 6.45) is -0.0708. The van der Waals surface area contributed by atoms with E-state index in [4.69, 9.17) is 9.84 Å². The Bertz CT molecular complexity index is 1220. The van der Waals surface area contributed by atoms with Gasteiger partial charge in [-0.15, -0.1) is 0 Å². The second kappa shape index (κ2) is 8.43. The summed E-state index contributed by atoms with van der Waals surface area (Å²) in [6, 6.07) is 20.9. The molecule has 7 nitrogen and oxygen atoms in total. The van der Waals surface area contributed by atoms with Crippen molar-refractivity contribution in [2.45, 2.75) is 12.3 Å². The van der Waals surface area contributed by atoms with Gasteiger partial charge in [-0.3, -0.25) is 4.79 Å². The molecule has 0 atom stereocenters. The first-order chi connectivity index (χ1) is 16.0. The topological polar surface area (TPSA) is 95.9 Å². The molecule has 2 aliphatic rings. The first-order valence-corrected chi connectivity index (χ1v) is 10.8. The molecule has 1 heterocycles. The van der Waals surface area contributed by atoms with Gasteiger partial charge in [0.05, 0.1) is 5.56 Å². The normalized spacial score (nSPS) is 13.8. The molecule has 2 N–H and O–H groups in total. The minimum Gasteiger partial charge on any atom is -0.478 e. The Morgan fingerprint density at radius 2 is 1.64 bits per heavy atom. The second-order valence-electron chi connectivity index (χ2n) is 8.12. The number of amides is 2. The predicted octanol–water partition coefficient (Wildman–Crippen LogP) is 3.81. The van der Waals surface area contributed by atoms with Crippen molar-refractivity contribution < 1.29 is 24.2 Å². The maximum absolute atomic E-state index is 12.7. The maximum atomic E-state index is 12.7. The largest absolute Gasteiger partial charge is 0.478 e. The standard InChI is InChI=1S/C26H22N2O5/c29-24(28-12-11-16-13-17(25(30)31)9-10-23(16)28)14-27-26(32)33-15-22-20-7-3-1-5-18(20)19-6-2-4-8-21(19)22/h1-10,13,22H,11-12,14-15H2,(H,27,32)(H,30,31). The Hall–Kier alpha value is -4.13. The van der Waals surface area contributed by atoms with Gasteiger partial charge in [-0.1, -0.05) is 48.5 Å².